The standard InChI is InChI=1S/C23H22ClF2NO2/c1-28-22-12-18(14-27-11-10-17-4-2-3-5-21(17)26)20(24)13-23(22)29-15-16-6-8-19(25)9-7-16/h2-9,12-13,27H,10-11,14-15H2,1H3. The van der Waals surface area contributed by atoms with Crippen molar-refractivity contribution in [3.63, 3.8) is 0 Å². The van der Waals surface area contributed by atoms with Gasteiger partial charge in [-0.15, -0.1) is 0 Å². The lowest BCUT2D eigenvalue weighted by molar-refractivity contribution is 0.284. The average molecular weight is 418 g/mol. The van der Waals surface area contributed by atoms with Crippen molar-refractivity contribution in [3.8, 4) is 11.5 Å². The van der Waals surface area contributed by atoms with Crippen LogP contribution in [-0.2, 0) is 19.6 Å². The molecule has 29 heavy (non-hydrogen) atoms. The van der Waals surface area contributed by atoms with Gasteiger partial charge in [-0.2, -0.15) is 0 Å². The molecule has 0 aliphatic carbocycles. The normalized spacial score (nSPS) is 10.8. The van der Waals surface area contributed by atoms with Crippen LogP contribution in [0, 0.1) is 11.6 Å². The molecule has 0 unspecified atom stereocenters. The predicted octanol–water partition coefficient (Wildman–Crippen LogP) is 5.54. The van der Waals surface area contributed by atoms with Gasteiger partial charge in [-0.1, -0.05) is 41.9 Å². The molecular formula is C23H22ClF2NO2. The lowest BCUT2D eigenvalue weighted by Gasteiger charge is -2.14. The summed E-state index contributed by atoms with van der Waals surface area (Å²) in [6.45, 7) is 1.40. The van der Waals surface area contributed by atoms with Crippen LogP contribution in [0.2, 0.25) is 5.02 Å². The molecule has 0 heterocycles. The highest BCUT2D eigenvalue weighted by Crippen LogP contribution is 2.34. The Morgan fingerprint density at radius 2 is 1.69 bits per heavy atom. The fraction of sp³-hybridized carbons (Fsp3) is 0.217. The van der Waals surface area contributed by atoms with Crippen molar-refractivity contribution in [1.29, 1.82) is 0 Å². The smallest absolute Gasteiger partial charge is 0.163 e. The zero-order chi connectivity index (χ0) is 20.6. The molecule has 3 aromatic rings. The highest BCUT2D eigenvalue weighted by atomic mass is 35.5. The first-order valence-corrected chi connectivity index (χ1v) is 9.62. The number of benzene rings is 3. The van der Waals surface area contributed by atoms with E-state index >= 15 is 0 Å². The molecule has 0 saturated heterocycles. The van der Waals surface area contributed by atoms with Gasteiger partial charge in [0, 0.05) is 17.6 Å². The Morgan fingerprint density at radius 1 is 0.931 bits per heavy atom. The van der Waals surface area contributed by atoms with Crippen molar-refractivity contribution < 1.29 is 18.3 Å². The van der Waals surface area contributed by atoms with Crippen molar-refractivity contribution in [2.45, 2.75) is 19.6 Å². The molecule has 0 amide bonds. The Bertz CT molecular complexity index is 948. The zero-order valence-electron chi connectivity index (χ0n) is 16.1. The van der Waals surface area contributed by atoms with E-state index in [1.165, 1.54) is 18.2 Å². The minimum atomic E-state index is -0.291. The second-order valence-electron chi connectivity index (χ2n) is 6.53. The van der Waals surface area contributed by atoms with Crippen LogP contribution in [0.3, 0.4) is 0 Å². The Balaban J connectivity index is 1.58. The molecule has 0 fully saturated rings. The first-order chi connectivity index (χ1) is 14.1. The molecule has 0 atom stereocenters. The van der Waals surface area contributed by atoms with Crippen LogP contribution in [0.25, 0.3) is 0 Å². The van der Waals surface area contributed by atoms with Gasteiger partial charge in [0.1, 0.15) is 18.2 Å². The number of hydrogen-bond donors (Lipinski definition) is 1. The van der Waals surface area contributed by atoms with Gasteiger partial charge < -0.3 is 14.8 Å². The van der Waals surface area contributed by atoms with Crippen molar-refractivity contribution in [1.82, 2.24) is 5.32 Å². The molecule has 3 aromatic carbocycles. The van der Waals surface area contributed by atoms with Crippen molar-refractivity contribution in [3.05, 3.63) is 94.0 Å². The largest absolute Gasteiger partial charge is 0.493 e. The molecule has 3 nitrogen and oxygen atoms in total. The number of ether oxygens (including phenoxy) is 2. The molecule has 0 aromatic heterocycles. The summed E-state index contributed by atoms with van der Waals surface area (Å²) in [5.74, 6) is 0.581. The second kappa shape index (κ2) is 10.2. The zero-order valence-corrected chi connectivity index (χ0v) is 16.8. The Kier molecular flexibility index (Phi) is 7.44. The van der Waals surface area contributed by atoms with Crippen LogP contribution in [0.15, 0.2) is 60.7 Å². The van der Waals surface area contributed by atoms with Gasteiger partial charge in [0.2, 0.25) is 0 Å². The molecular weight excluding hydrogens is 396 g/mol. The maximum Gasteiger partial charge on any atom is 0.163 e. The van der Waals surface area contributed by atoms with Crippen LogP contribution in [0.5, 0.6) is 11.5 Å². The van der Waals surface area contributed by atoms with E-state index in [1.807, 2.05) is 12.1 Å². The van der Waals surface area contributed by atoms with Gasteiger partial charge in [0.05, 0.1) is 7.11 Å². The summed E-state index contributed by atoms with van der Waals surface area (Å²) < 4.78 is 37.9. The quantitative estimate of drug-likeness (QED) is 0.464. The lowest BCUT2D eigenvalue weighted by Crippen LogP contribution is -2.17. The summed E-state index contributed by atoms with van der Waals surface area (Å²) in [6, 6.07) is 16.4. The molecule has 3 rings (SSSR count). The summed E-state index contributed by atoms with van der Waals surface area (Å²) in [7, 11) is 1.56. The minimum Gasteiger partial charge on any atom is -0.493 e. The topological polar surface area (TPSA) is 30.5 Å². The van der Waals surface area contributed by atoms with E-state index < -0.39 is 0 Å². The van der Waals surface area contributed by atoms with E-state index in [-0.39, 0.29) is 18.2 Å². The third kappa shape index (κ3) is 5.92. The van der Waals surface area contributed by atoms with Gasteiger partial charge in [0.25, 0.3) is 0 Å². The lowest BCUT2D eigenvalue weighted by atomic mass is 10.1. The summed E-state index contributed by atoms with van der Waals surface area (Å²) >= 11 is 6.40. The molecule has 6 heteroatoms. The molecule has 0 spiro atoms. The van der Waals surface area contributed by atoms with Gasteiger partial charge >= 0.3 is 0 Å². The summed E-state index contributed by atoms with van der Waals surface area (Å²) in [4.78, 5) is 0. The molecule has 0 aliphatic heterocycles. The van der Waals surface area contributed by atoms with Crippen LogP contribution in [0.1, 0.15) is 16.7 Å². The summed E-state index contributed by atoms with van der Waals surface area (Å²) in [6.07, 6.45) is 0.584. The number of nitrogens with one attached hydrogen (secondary N) is 1. The second-order valence-corrected chi connectivity index (χ2v) is 6.94. The Morgan fingerprint density at radius 3 is 2.41 bits per heavy atom. The first kappa shape index (κ1) is 21.1. The monoisotopic (exact) mass is 417 g/mol. The molecule has 0 aliphatic rings. The maximum absolute atomic E-state index is 13.7. The highest BCUT2D eigenvalue weighted by molar-refractivity contribution is 6.31. The van der Waals surface area contributed by atoms with E-state index in [2.05, 4.69) is 5.32 Å². The molecule has 152 valence electrons. The number of methoxy groups -OCH3 is 1. The van der Waals surface area contributed by atoms with Crippen molar-refractivity contribution >= 4 is 11.6 Å². The molecule has 1 N–H and O–H groups in total. The highest BCUT2D eigenvalue weighted by Gasteiger charge is 2.11. The van der Waals surface area contributed by atoms with Gasteiger partial charge in [-0.25, -0.2) is 8.78 Å². The van der Waals surface area contributed by atoms with E-state index in [0.717, 1.165) is 11.1 Å². The Labute approximate surface area is 174 Å². The van der Waals surface area contributed by atoms with Crippen molar-refractivity contribution in [2.24, 2.45) is 0 Å². The third-order valence-electron chi connectivity index (χ3n) is 4.48. The SMILES string of the molecule is COc1cc(CNCCc2ccccc2F)c(Cl)cc1OCc1ccc(F)cc1. The average Bonchev–Trinajstić information content (AvgIpc) is 2.73. The number of rotatable bonds is 9. The number of hydrogen-bond acceptors (Lipinski definition) is 3. The van der Waals surface area contributed by atoms with E-state index in [0.29, 0.717) is 41.6 Å². The van der Waals surface area contributed by atoms with E-state index in [9.17, 15) is 8.78 Å². The third-order valence-corrected chi connectivity index (χ3v) is 4.84. The van der Waals surface area contributed by atoms with Gasteiger partial charge in [-0.05, 0) is 53.9 Å². The van der Waals surface area contributed by atoms with Crippen LogP contribution in [-0.4, -0.2) is 13.7 Å². The first-order valence-electron chi connectivity index (χ1n) is 9.24. The van der Waals surface area contributed by atoms with E-state index in [4.69, 9.17) is 21.1 Å². The van der Waals surface area contributed by atoms with Gasteiger partial charge in [0.15, 0.2) is 11.5 Å². The van der Waals surface area contributed by atoms with Crippen molar-refractivity contribution in [2.75, 3.05) is 13.7 Å². The fourth-order valence-corrected chi connectivity index (χ4v) is 3.09. The van der Waals surface area contributed by atoms with Gasteiger partial charge in [-0.3, -0.25) is 0 Å². The molecule has 0 bridgehead atoms. The van der Waals surface area contributed by atoms with E-state index in [1.54, 1.807) is 37.4 Å². The Hall–Kier alpha value is -2.63. The summed E-state index contributed by atoms with van der Waals surface area (Å²) in [5, 5.41) is 3.81. The van der Waals surface area contributed by atoms with Crippen LogP contribution < -0.4 is 14.8 Å². The summed E-state index contributed by atoms with van der Waals surface area (Å²) in [5.41, 5.74) is 2.36. The predicted molar refractivity (Wildman–Crippen MR) is 111 cm³/mol. The minimum absolute atomic E-state index is 0.198. The fourth-order valence-electron chi connectivity index (χ4n) is 2.87. The number of halogens is 3. The molecule has 0 radical (unpaired) electrons. The maximum atomic E-state index is 13.7. The molecule has 0 saturated carbocycles. The van der Waals surface area contributed by atoms with Crippen LogP contribution in [0.4, 0.5) is 8.78 Å². The van der Waals surface area contributed by atoms with Crippen LogP contribution >= 0.6 is 11.6 Å².